The lowest BCUT2D eigenvalue weighted by Crippen LogP contribution is -2.20. The van der Waals surface area contributed by atoms with Gasteiger partial charge < -0.3 is 10.2 Å². The van der Waals surface area contributed by atoms with Crippen LogP contribution in [-0.2, 0) is 17.1 Å². The fraction of sp³-hybridized carbons (Fsp3) is 0.300. The quantitative estimate of drug-likeness (QED) is 0.576. The highest BCUT2D eigenvalue weighted by Crippen LogP contribution is 2.41. The number of carboxylic acid groups (broad SMARTS) is 1. The SMILES string of the molecule is O=C(O)C(O)c1cc(C(F)(F)F)cc(I)c1C(F)(F)F. The molecule has 0 heterocycles. The first-order valence-corrected chi connectivity index (χ1v) is 5.82. The van der Waals surface area contributed by atoms with Crippen molar-refractivity contribution in [2.45, 2.75) is 18.5 Å². The van der Waals surface area contributed by atoms with Crippen LogP contribution in [0.5, 0.6) is 0 Å². The number of rotatable bonds is 2. The first-order chi connectivity index (χ1) is 8.85. The van der Waals surface area contributed by atoms with E-state index in [1.165, 1.54) is 0 Å². The number of halogens is 7. The Morgan fingerprint density at radius 3 is 1.95 bits per heavy atom. The lowest BCUT2D eigenvalue weighted by Gasteiger charge is -2.19. The summed E-state index contributed by atoms with van der Waals surface area (Å²) >= 11 is 1.01. The van der Waals surface area contributed by atoms with Crippen molar-refractivity contribution in [3.05, 3.63) is 32.4 Å². The van der Waals surface area contributed by atoms with Gasteiger partial charge in [-0.25, -0.2) is 4.79 Å². The van der Waals surface area contributed by atoms with E-state index in [0.29, 0.717) is 0 Å². The average molecular weight is 414 g/mol. The van der Waals surface area contributed by atoms with Crippen molar-refractivity contribution in [3.63, 3.8) is 0 Å². The van der Waals surface area contributed by atoms with Gasteiger partial charge in [0.15, 0.2) is 6.10 Å². The maximum atomic E-state index is 12.8. The maximum Gasteiger partial charge on any atom is 0.417 e. The number of carbonyl (C=O) groups is 1. The molecule has 1 aromatic carbocycles. The van der Waals surface area contributed by atoms with Crippen molar-refractivity contribution < 1.29 is 41.4 Å². The molecule has 0 saturated carbocycles. The molecule has 20 heavy (non-hydrogen) atoms. The van der Waals surface area contributed by atoms with E-state index in [-0.39, 0.29) is 12.1 Å². The number of hydrogen-bond donors (Lipinski definition) is 2. The Kier molecular flexibility index (Phi) is 4.58. The van der Waals surface area contributed by atoms with Gasteiger partial charge in [-0.05, 0) is 34.7 Å². The summed E-state index contributed by atoms with van der Waals surface area (Å²) in [6.07, 6.45) is -12.8. The van der Waals surface area contributed by atoms with Crippen LogP contribution in [-0.4, -0.2) is 16.2 Å². The molecule has 1 aromatic rings. The van der Waals surface area contributed by atoms with Crippen LogP contribution in [0.3, 0.4) is 0 Å². The van der Waals surface area contributed by atoms with E-state index in [4.69, 9.17) is 5.11 Å². The highest BCUT2D eigenvalue weighted by atomic mass is 127. The van der Waals surface area contributed by atoms with Gasteiger partial charge in [-0.1, -0.05) is 0 Å². The minimum Gasteiger partial charge on any atom is -0.479 e. The molecule has 1 unspecified atom stereocenters. The van der Waals surface area contributed by atoms with E-state index in [1.54, 1.807) is 0 Å². The molecule has 0 amide bonds. The Balaban J connectivity index is 3.65. The highest BCUT2D eigenvalue weighted by Gasteiger charge is 2.41. The molecule has 1 rings (SSSR count). The zero-order chi connectivity index (χ0) is 15.9. The van der Waals surface area contributed by atoms with Crippen LogP contribution in [0.25, 0.3) is 0 Å². The number of benzene rings is 1. The largest absolute Gasteiger partial charge is 0.479 e. The van der Waals surface area contributed by atoms with E-state index in [0.717, 1.165) is 22.6 Å². The van der Waals surface area contributed by atoms with Gasteiger partial charge in [-0.3, -0.25) is 0 Å². The summed E-state index contributed by atoms with van der Waals surface area (Å²) in [4.78, 5) is 10.6. The maximum absolute atomic E-state index is 12.8. The number of alkyl halides is 6. The smallest absolute Gasteiger partial charge is 0.417 e. The fourth-order valence-corrected chi connectivity index (χ4v) is 2.39. The van der Waals surface area contributed by atoms with Gasteiger partial charge in [0.2, 0.25) is 0 Å². The molecule has 0 aliphatic rings. The van der Waals surface area contributed by atoms with Crippen molar-refractivity contribution >= 4 is 28.6 Å². The Hall–Kier alpha value is -1.04. The van der Waals surface area contributed by atoms with Gasteiger partial charge >= 0.3 is 18.3 Å². The van der Waals surface area contributed by atoms with Gasteiger partial charge in [0, 0.05) is 9.13 Å². The standard InChI is InChI=1S/C10H5F6IO3/c11-9(12,13)3-1-4(7(18)8(19)20)6(5(17)2-3)10(14,15)16/h1-2,7,18H,(H,19,20). The minimum atomic E-state index is -5.09. The topological polar surface area (TPSA) is 57.5 Å². The van der Waals surface area contributed by atoms with E-state index >= 15 is 0 Å². The second-order valence-corrected chi connectivity index (χ2v) is 4.82. The van der Waals surface area contributed by atoms with Crippen LogP contribution in [0.1, 0.15) is 22.8 Å². The molecular formula is C10H5F6IO3. The normalized spacial score (nSPS) is 14.2. The van der Waals surface area contributed by atoms with Crippen molar-refractivity contribution in [2.75, 3.05) is 0 Å². The van der Waals surface area contributed by atoms with Crippen molar-refractivity contribution in [1.29, 1.82) is 0 Å². The third-order valence-corrected chi connectivity index (χ3v) is 3.11. The first kappa shape index (κ1) is 17.0. The third kappa shape index (κ3) is 3.53. The molecule has 2 N–H and O–H groups in total. The summed E-state index contributed by atoms with van der Waals surface area (Å²) in [5, 5.41) is 17.7. The monoisotopic (exact) mass is 414 g/mol. The molecule has 3 nitrogen and oxygen atoms in total. The van der Waals surface area contributed by atoms with Crippen LogP contribution in [0, 0.1) is 3.57 Å². The minimum absolute atomic E-state index is 0.0101. The van der Waals surface area contributed by atoms with E-state index < -0.39 is 44.7 Å². The molecule has 10 heteroatoms. The molecule has 1 atom stereocenters. The highest BCUT2D eigenvalue weighted by molar-refractivity contribution is 14.1. The second kappa shape index (κ2) is 5.39. The fourth-order valence-electron chi connectivity index (χ4n) is 1.44. The predicted molar refractivity (Wildman–Crippen MR) is 61.8 cm³/mol. The zero-order valence-corrected chi connectivity index (χ0v) is 11.3. The van der Waals surface area contributed by atoms with Gasteiger partial charge in [0.05, 0.1) is 11.1 Å². The molecule has 0 aromatic heterocycles. The molecule has 0 aliphatic heterocycles. The lowest BCUT2D eigenvalue weighted by molar-refractivity contribution is -0.150. The molecule has 0 spiro atoms. The Labute approximate surface area is 121 Å². The van der Waals surface area contributed by atoms with Gasteiger partial charge in [-0.15, -0.1) is 0 Å². The van der Waals surface area contributed by atoms with Crippen molar-refractivity contribution in [2.24, 2.45) is 0 Å². The summed E-state index contributed by atoms with van der Waals surface area (Å²) in [5.41, 5.74) is -4.41. The van der Waals surface area contributed by atoms with Crippen LogP contribution in [0.4, 0.5) is 26.3 Å². The van der Waals surface area contributed by atoms with Crippen LogP contribution in [0.15, 0.2) is 12.1 Å². The molecule has 0 radical (unpaired) electrons. The van der Waals surface area contributed by atoms with Gasteiger partial charge in [0.1, 0.15) is 0 Å². The molecule has 0 bridgehead atoms. The second-order valence-electron chi connectivity index (χ2n) is 3.66. The van der Waals surface area contributed by atoms with E-state index in [9.17, 15) is 36.2 Å². The zero-order valence-electron chi connectivity index (χ0n) is 9.18. The third-order valence-electron chi connectivity index (χ3n) is 2.26. The van der Waals surface area contributed by atoms with Crippen LogP contribution >= 0.6 is 22.6 Å². The first-order valence-electron chi connectivity index (χ1n) is 4.74. The summed E-state index contributed by atoms with van der Waals surface area (Å²) in [6.45, 7) is 0. The Morgan fingerprint density at radius 2 is 1.60 bits per heavy atom. The number of hydrogen-bond acceptors (Lipinski definition) is 2. The van der Waals surface area contributed by atoms with Crippen LogP contribution < -0.4 is 0 Å². The number of aliphatic carboxylic acids is 1. The number of aliphatic hydroxyl groups is 1. The van der Waals surface area contributed by atoms with Crippen LogP contribution in [0.2, 0.25) is 0 Å². The van der Waals surface area contributed by atoms with Gasteiger partial charge in [-0.2, -0.15) is 26.3 Å². The number of aliphatic hydroxyl groups excluding tert-OH is 1. The van der Waals surface area contributed by atoms with Gasteiger partial charge in [0.25, 0.3) is 0 Å². The van der Waals surface area contributed by atoms with E-state index in [1.807, 2.05) is 0 Å². The molecule has 0 saturated heterocycles. The Morgan fingerprint density at radius 1 is 1.10 bits per heavy atom. The molecule has 0 aliphatic carbocycles. The summed E-state index contributed by atoms with van der Waals surface area (Å²) in [7, 11) is 0. The predicted octanol–water partition coefficient (Wildman–Crippen LogP) is 3.45. The number of carboxylic acids is 1. The molecular weight excluding hydrogens is 409 g/mol. The molecule has 112 valence electrons. The summed E-state index contributed by atoms with van der Waals surface area (Å²) in [5.74, 6) is -2.08. The summed E-state index contributed by atoms with van der Waals surface area (Å²) in [6, 6.07) is 0.227. The average Bonchev–Trinajstić information content (AvgIpc) is 2.23. The van der Waals surface area contributed by atoms with Crippen molar-refractivity contribution in [3.8, 4) is 0 Å². The van der Waals surface area contributed by atoms with E-state index in [2.05, 4.69) is 0 Å². The van der Waals surface area contributed by atoms with Crippen molar-refractivity contribution in [1.82, 2.24) is 0 Å². The summed E-state index contributed by atoms with van der Waals surface area (Å²) < 4.78 is 75.0. The lowest BCUT2D eigenvalue weighted by atomic mass is 9.98. The Bertz CT molecular complexity index is 537. The molecule has 0 fully saturated rings.